The fourth-order valence-electron chi connectivity index (χ4n) is 7.28. The molecule has 12 heteroatoms. The Morgan fingerprint density at radius 3 is 2.47 bits per heavy atom. The fourth-order valence-corrected chi connectivity index (χ4v) is 7.52. The van der Waals surface area contributed by atoms with Gasteiger partial charge in [0, 0.05) is 55.8 Å². The van der Waals surface area contributed by atoms with E-state index in [2.05, 4.69) is 71.5 Å². The number of piperidine rings is 1. The van der Waals surface area contributed by atoms with Crippen molar-refractivity contribution in [2.75, 3.05) is 32.8 Å². The lowest BCUT2D eigenvalue weighted by atomic mass is 9.89. The third-order valence-electron chi connectivity index (χ3n) is 10.3. The van der Waals surface area contributed by atoms with Crippen LogP contribution < -0.4 is 19.5 Å². The maximum Gasteiger partial charge on any atom is 0.306 e. The number of carboxylic acid groups (broad SMARTS) is 1. The number of nitriles is 1. The third kappa shape index (κ3) is 11.1. The molecule has 11 nitrogen and oxygen atoms in total. The Bertz CT molecular complexity index is 2220. The van der Waals surface area contributed by atoms with Crippen LogP contribution in [0.4, 0.5) is 0 Å². The van der Waals surface area contributed by atoms with Crippen LogP contribution in [0, 0.1) is 25.2 Å². The summed E-state index contributed by atoms with van der Waals surface area (Å²) in [5.74, 6) is 0.642. The molecule has 5 aromatic rings. The summed E-state index contributed by atoms with van der Waals surface area (Å²) in [6.45, 7) is 7.56. The van der Waals surface area contributed by atoms with Crippen molar-refractivity contribution >= 4 is 17.6 Å². The number of ether oxygens (including phenoxy) is 3. The van der Waals surface area contributed by atoms with Crippen LogP contribution in [0.5, 0.6) is 17.2 Å². The Morgan fingerprint density at radius 2 is 1.71 bits per heavy atom. The zero-order valence-electron chi connectivity index (χ0n) is 32.8. The van der Waals surface area contributed by atoms with Crippen LogP contribution in [0.15, 0.2) is 91.3 Å². The number of likely N-dealkylation sites (tertiary alicyclic amines) is 1. The number of nitrogens with zero attached hydrogens (tertiary/aromatic N) is 3. The molecule has 1 unspecified atom stereocenters. The lowest BCUT2D eigenvalue weighted by Gasteiger charge is -2.32. The predicted octanol–water partition coefficient (Wildman–Crippen LogP) is 7.48. The molecule has 6 rings (SSSR count). The van der Waals surface area contributed by atoms with Gasteiger partial charge in [-0.25, -0.2) is 0 Å². The molecule has 0 spiro atoms. The number of carbonyl (C=O) groups is 1. The van der Waals surface area contributed by atoms with Gasteiger partial charge in [0.2, 0.25) is 0 Å². The van der Waals surface area contributed by atoms with Crippen LogP contribution in [0.25, 0.3) is 22.3 Å². The van der Waals surface area contributed by atoms with Crippen LogP contribution >= 0.6 is 11.6 Å². The lowest BCUT2D eigenvalue weighted by Crippen LogP contribution is -2.42. The number of aromatic nitrogens is 1. The predicted molar refractivity (Wildman–Crippen MR) is 223 cm³/mol. The van der Waals surface area contributed by atoms with E-state index < -0.39 is 12.1 Å². The SMILES string of the molecule is Cc1c(COc2cc(OCc3cncc(C#N)c3)c(CNCC(O)CC(=O)O)cc2Cl)cccc1-c1cccc(-c2ccc(O[C@H]3CCCN(CCO)C3)cc2)c1C. The van der Waals surface area contributed by atoms with E-state index in [4.69, 9.17) is 30.9 Å². The number of aliphatic carboxylic acids is 1. The van der Waals surface area contributed by atoms with Crippen molar-refractivity contribution in [2.45, 2.75) is 65.1 Å². The minimum Gasteiger partial charge on any atom is -0.489 e. The second kappa shape index (κ2) is 20.3. The van der Waals surface area contributed by atoms with E-state index >= 15 is 0 Å². The Kier molecular flexibility index (Phi) is 14.7. The van der Waals surface area contributed by atoms with E-state index in [1.54, 1.807) is 24.4 Å². The molecule has 1 fully saturated rings. The van der Waals surface area contributed by atoms with Crippen LogP contribution in [0.2, 0.25) is 5.02 Å². The minimum atomic E-state index is -1.09. The van der Waals surface area contributed by atoms with Gasteiger partial charge in [0.1, 0.15) is 42.6 Å². The third-order valence-corrected chi connectivity index (χ3v) is 10.6. The van der Waals surface area contributed by atoms with Crippen LogP contribution in [-0.4, -0.2) is 76.2 Å². The van der Waals surface area contributed by atoms with E-state index in [-0.39, 0.29) is 45.4 Å². The molecule has 1 aliphatic rings. The van der Waals surface area contributed by atoms with Gasteiger partial charge < -0.3 is 34.8 Å². The molecule has 0 bridgehead atoms. The number of aliphatic hydroxyl groups is 2. The summed E-state index contributed by atoms with van der Waals surface area (Å²) in [6.07, 6.45) is 3.84. The van der Waals surface area contributed by atoms with E-state index in [1.807, 2.05) is 24.3 Å². The van der Waals surface area contributed by atoms with Crippen molar-refractivity contribution in [1.82, 2.24) is 15.2 Å². The van der Waals surface area contributed by atoms with Crippen LogP contribution in [0.1, 0.15) is 52.6 Å². The second-order valence-corrected chi connectivity index (χ2v) is 14.9. The van der Waals surface area contributed by atoms with E-state index in [1.165, 1.54) is 6.20 Å². The minimum absolute atomic E-state index is 0.0572. The molecule has 58 heavy (non-hydrogen) atoms. The van der Waals surface area contributed by atoms with E-state index in [0.717, 1.165) is 70.6 Å². The second-order valence-electron chi connectivity index (χ2n) is 14.5. The van der Waals surface area contributed by atoms with Gasteiger partial charge in [-0.1, -0.05) is 60.1 Å². The van der Waals surface area contributed by atoms with E-state index in [0.29, 0.717) is 39.8 Å². The maximum atomic E-state index is 11.0. The summed E-state index contributed by atoms with van der Waals surface area (Å²) >= 11 is 6.77. The molecule has 1 aromatic heterocycles. The quantitative estimate of drug-likeness (QED) is 0.0697. The number of benzene rings is 4. The molecular weight excluding hydrogens is 756 g/mol. The molecule has 0 amide bonds. The average molecular weight is 805 g/mol. The first kappa shape index (κ1) is 42.1. The van der Waals surface area contributed by atoms with Gasteiger partial charge in [-0.15, -0.1) is 0 Å². The lowest BCUT2D eigenvalue weighted by molar-refractivity contribution is -0.139. The van der Waals surface area contributed by atoms with Crippen molar-refractivity contribution in [3.05, 3.63) is 130 Å². The van der Waals surface area contributed by atoms with Gasteiger partial charge >= 0.3 is 5.97 Å². The molecule has 0 radical (unpaired) electrons. The van der Waals surface area contributed by atoms with Gasteiger partial charge in [0.25, 0.3) is 0 Å². The molecule has 0 saturated carbocycles. The first-order valence-electron chi connectivity index (χ1n) is 19.4. The zero-order chi connectivity index (χ0) is 41.0. The number of pyridine rings is 1. The molecule has 0 aliphatic carbocycles. The molecular formula is C46H49ClN4O7. The van der Waals surface area contributed by atoms with Crippen LogP contribution in [-0.2, 0) is 24.6 Å². The number of hydrogen-bond donors (Lipinski definition) is 4. The van der Waals surface area contributed by atoms with Gasteiger partial charge in [-0.3, -0.25) is 14.7 Å². The smallest absolute Gasteiger partial charge is 0.306 e. The summed E-state index contributed by atoms with van der Waals surface area (Å²) in [6, 6.07) is 28.1. The zero-order valence-corrected chi connectivity index (χ0v) is 33.5. The Morgan fingerprint density at radius 1 is 0.966 bits per heavy atom. The van der Waals surface area contributed by atoms with Crippen molar-refractivity contribution in [2.24, 2.45) is 0 Å². The van der Waals surface area contributed by atoms with Crippen LogP contribution in [0.3, 0.4) is 0 Å². The summed E-state index contributed by atoms with van der Waals surface area (Å²) < 4.78 is 18.9. The number of nitrogens with one attached hydrogen (secondary N) is 1. The number of hydrogen-bond acceptors (Lipinski definition) is 10. The highest BCUT2D eigenvalue weighted by Crippen LogP contribution is 2.37. The van der Waals surface area contributed by atoms with Gasteiger partial charge in [0.15, 0.2) is 0 Å². The number of β-amino-alcohol motifs (C(OH)–C–C–N with tert-alkyl or cyclic N) is 1. The Balaban J connectivity index is 1.17. The first-order valence-corrected chi connectivity index (χ1v) is 19.8. The van der Waals surface area contributed by atoms with Crippen molar-refractivity contribution in [1.29, 1.82) is 5.26 Å². The standard InChI is InChI=1S/C46H49ClN4O7/c1-30-35(29-57-45-21-44(56-28-33-18-32(22-48)23-49-24-33)36(19-43(45)47)25-50-26-37(53)20-46(54)55)6-3-9-41(30)42-10-4-8-40(31(42)2)34-11-13-38(14-12-34)58-39-7-5-15-51(27-39)16-17-52/h3-4,6,8-14,18-19,21,23-24,37,39,50,52-53H,5,7,15-17,20,25-29H2,1-2H3,(H,54,55)/t37?,39-/m0/s1. The van der Waals surface area contributed by atoms with Crippen molar-refractivity contribution in [3.8, 4) is 45.6 Å². The largest absolute Gasteiger partial charge is 0.489 e. The average Bonchev–Trinajstić information content (AvgIpc) is 3.21. The highest BCUT2D eigenvalue weighted by molar-refractivity contribution is 6.32. The first-order chi connectivity index (χ1) is 28.1. The molecule has 302 valence electrons. The summed E-state index contributed by atoms with van der Waals surface area (Å²) in [5.41, 5.74) is 9.47. The number of rotatable bonds is 18. The molecule has 1 aliphatic heterocycles. The maximum absolute atomic E-state index is 11.0. The molecule has 1 saturated heterocycles. The monoisotopic (exact) mass is 804 g/mol. The topological polar surface area (TPSA) is 157 Å². The molecule has 2 atom stereocenters. The van der Waals surface area contributed by atoms with Gasteiger partial charge in [0.05, 0.1) is 29.7 Å². The Labute approximate surface area is 344 Å². The number of aliphatic hydroxyl groups excluding tert-OH is 2. The fraction of sp³-hybridized carbons (Fsp3) is 0.326. The number of carboxylic acids is 1. The van der Waals surface area contributed by atoms with Gasteiger partial charge in [-0.05, 0) is 96.4 Å². The summed E-state index contributed by atoms with van der Waals surface area (Å²) in [4.78, 5) is 17.4. The normalized spacial score (nSPS) is 14.7. The highest BCUT2D eigenvalue weighted by atomic mass is 35.5. The Hall–Kier alpha value is -5.48. The molecule has 4 aromatic carbocycles. The van der Waals surface area contributed by atoms with Gasteiger partial charge in [-0.2, -0.15) is 5.26 Å². The number of halogens is 1. The van der Waals surface area contributed by atoms with Crippen molar-refractivity contribution in [3.63, 3.8) is 0 Å². The molecule has 2 heterocycles. The van der Waals surface area contributed by atoms with Crippen molar-refractivity contribution < 1.29 is 34.3 Å². The summed E-state index contributed by atoms with van der Waals surface area (Å²) in [5, 5.41) is 41.2. The van der Waals surface area contributed by atoms with E-state index in [9.17, 15) is 20.3 Å². The summed E-state index contributed by atoms with van der Waals surface area (Å²) in [7, 11) is 0. The highest BCUT2D eigenvalue weighted by Gasteiger charge is 2.21. The molecule has 4 N–H and O–H groups in total.